The third kappa shape index (κ3) is 2.66. The molecule has 0 spiro atoms. The van der Waals surface area contributed by atoms with Crippen LogP contribution in [0.1, 0.15) is 0 Å². The lowest BCUT2D eigenvalue weighted by Gasteiger charge is -2.09. The molecule has 4 heteroatoms. The summed E-state index contributed by atoms with van der Waals surface area (Å²) in [5.41, 5.74) is 0.908. The van der Waals surface area contributed by atoms with Crippen molar-refractivity contribution in [2.45, 2.75) is 0 Å². The minimum atomic E-state index is 0.597. The van der Waals surface area contributed by atoms with Crippen LogP contribution in [-0.2, 0) is 0 Å². The standard InChI is InChI=1S/C14H16N4/c1-3-9-15-13-11-7-5-6-8-12(11)17-14(18-13)16-10-4-2/h3-8H,1-2,9-10H2,(H2,15,16,17,18). The topological polar surface area (TPSA) is 49.8 Å². The van der Waals surface area contributed by atoms with Crippen LogP contribution in [0.2, 0.25) is 0 Å². The monoisotopic (exact) mass is 240 g/mol. The maximum absolute atomic E-state index is 4.45. The smallest absolute Gasteiger partial charge is 0.225 e. The molecule has 1 aromatic heterocycles. The molecule has 0 aliphatic rings. The van der Waals surface area contributed by atoms with Gasteiger partial charge in [0, 0.05) is 18.5 Å². The molecule has 0 saturated carbocycles. The number of para-hydroxylation sites is 1. The SMILES string of the molecule is C=CCNc1nc(NCC=C)c2ccccc2n1. The number of rotatable bonds is 6. The second-order valence-electron chi connectivity index (χ2n) is 3.75. The van der Waals surface area contributed by atoms with Crippen molar-refractivity contribution in [3.8, 4) is 0 Å². The Hall–Kier alpha value is -2.36. The number of nitrogens with zero attached hydrogens (tertiary/aromatic N) is 2. The number of anilines is 2. The van der Waals surface area contributed by atoms with E-state index in [1.807, 2.05) is 24.3 Å². The molecule has 2 aromatic rings. The number of fused-ring (bicyclic) bond motifs is 1. The van der Waals surface area contributed by atoms with Gasteiger partial charge in [-0.05, 0) is 12.1 Å². The predicted octanol–water partition coefficient (Wildman–Crippen LogP) is 2.83. The fourth-order valence-corrected chi connectivity index (χ4v) is 1.62. The molecule has 0 atom stereocenters. The van der Waals surface area contributed by atoms with Crippen LogP contribution in [0.15, 0.2) is 49.6 Å². The van der Waals surface area contributed by atoms with Crippen LogP contribution in [0.5, 0.6) is 0 Å². The summed E-state index contributed by atoms with van der Waals surface area (Å²) in [6, 6.07) is 7.90. The van der Waals surface area contributed by atoms with Gasteiger partial charge < -0.3 is 10.6 Å². The van der Waals surface area contributed by atoms with Crippen LogP contribution in [-0.4, -0.2) is 23.1 Å². The van der Waals surface area contributed by atoms with Gasteiger partial charge in [-0.15, -0.1) is 13.2 Å². The number of nitrogens with one attached hydrogen (secondary N) is 2. The van der Waals surface area contributed by atoms with Crippen molar-refractivity contribution < 1.29 is 0 Å². The fourth-order valence-electron chi connectivity index (χ4n) is 1.62. The highest BCUT2D eigenvalue weighted by Crippen LogP contribution is 2.21. The first-order chi connectivity index (χ1) is 8.85. The molecule has 0 fully saturated rings. The Morgan fingerprint density at radius 2 is 1.72 bits per heavy atom. The third-order valence-corrected chi connectivity index (χ3v) is 2.42. The molecule has 0 radical (unpaired) electrons. The third-order valence-electron chi connectivity index (χ3n) is 2.42. The summed E-state index contributed by atoms with van der Waals surface area (Å²) in [5.74, 6) is 1.41. The largest absolute Gasteiger partial charge is 0.366 e. The average molecular weight is 240 g/mol. The average Bonchev–Trinajstić information content (AvgIpc) is 2.42. The quantitative estimate of drug-likeness (QED) is 0.762. The molecule has 0 aliphatic heterocycles. The van der Waals surface area contributed by atoms with E-state index in [9.17, 15) is 0 Å². The molecule has 1 aromatic carbocycles. The van der Waals surface area contributed by atoms with Gasteiger partial charge in [-0.3, -0.25) is 0 Å². The maximum Gasteiger partial charge on any atom is 0.225 e. The van der Waals surface area contributed by atoms with E-state index in [1.54, 1.807) is 12.2 Å². The van der Waals surface area contributed by atoms with Gasteiger partial charge in [0.05, 0.1) is 5.52 Å². The van der Waals surface area contributed by atoms with E-state index in [2.05, 4.69) is 33.8 Å². The Kier molecular flexibility index (Phi) is 3.91. The lowest BCUT2D eigenvalue weighted by molar-refractivity contribution is 1.14. The Balaban J connectivity index is 2.42. The van der Waals surface area contributed by atoms with Crippen LogP contribution < -0.4 is 10.6 Å². The lowest BCUT2D eigenvalue weighted by Crippen LogP contribution is -2.07. The second-order valence-corrected chi connectivity index (χ2v) is 3.75. The van der Waals surface area contributed by atoms with Gasteiger partial charge in [0.15, 0.2) is 0 Å². The molecule has 2 rings (SSSR count). The first-order valence-corrected chi connectivity index (χ1v) is 5.81. The number of aromatic nitrogens is 2. The van der Waals surface area contributed by atoms with Crippen LogP contribution in [0.3, 0.4) is 0 Å². The van der Waals surface area contributed by atoms with Crippen molar-refractivity contribution in [2.24, 2.45) is 0 Å². The fraction of sp³-hybridized carbons (Fsp3) is 0.143. The van der Waals surface area contributed by atoms with E-state index >= 15 is 0 Å². The van der Waals surface area contributed by atoms with Gasteiger partial charge >= 0.3 is 0 Å². The van der Waals surface area contributed by atoms with Crippen molar-refractivity contribution in [2.75, 3.05) is 23.7 Å². The van der Waals surface area contributed by atoms with Crippen LogP contribution in [0.25, 0.3) is 10.9 Å². The van der Waals surface area contributed by atoms with Crippen molar-refractivity contribution >= 4 is 22.7 Å². The highest BCUT2D eigenvalue weighted by molar-refractivity contribution is 5.90. The molecule has 2 N–H and O–H groups in total. The normalized spacial score (nSPS) is 10.0. The summed E-state index contributed by atoms with van der Waals surface area (Å²) in [5, 5.41) is 7.32. The van der Waals surface area contributed by atoms with Gasteiger partial charge in [0.2, 0.25) is 5.95 Å². The van der Waals surface area contributed by atoms with E-state index in [0.29, 0.717) is 19.0 Å². The molecule has 0 aliphatic carbocycles. The van der Waals surface area contributed by atoms with Gasteiger partial charge in [-0.25, -0.2) is 4.98 Å². The van der Waals surface area contributed by atoms with E-state index in [4.69, 9.17) is 0 Å². The molecule has 4 nitrogen and oxygen atoms in total. The Morgan fingerprint density at radius 3 is 2.50 bits per heavy atom. The van der Waals surface area contributed by atoms with Crippen LogP contribution in [0, 0.1) is 0 Å². The van der Waals surface area contributed by atoms with Crippen LogP contribution in [0.4, 0.5) is 11.8 Å². The van der Waals surface area contributed by atoms with Crippen molar-refractivity contribution in [3.05, 3.63) is 49.6 Å². The Bertz CT molecular complexity index is 563. The minimum absolute atomic E-state index is 0.597. The van der Waals surface area contributed by atoms with E-state index in [0.717, 1.165) is 16.7 Å². The van der Waals surface area contributed by atoms with E-state index < -0.39 is 0 Å². The number of benzene rings is 1. The highest BCUT2D eigenvalue weighted by atomic mass is 15.1. The molecule has 92 valence electrons. The van der Waals surface area contributed by atoms with Crippen LogP contribution >= 0.6 is 0 Å². The lowest BCUT2D eigenvalue weighted by atomic mass is 10.2. The van der Waals surface area contributed by atoms with Gasteiger partial charge in [-0.2, -0.15) is 4.98 Å². The highest BCUT2D eigenvalue weighted by Gasteiger charge is 2.05. The number of hydrogen-bond donors (Lipinski definition) is 2. The summed E-state index contributed by atoms with van der Waals surface area (Å²) in [4.78, 5) is 8.89. The van der Waals surface area contributed by atoms with Gasteiger partial charge in [0.25, 0.3) is 0 Å². The zero-order valence-electron chi connectivity index (χ0n) is 10.2. The summed E-state index contributed by atoms with van der Waals surface area (Å²) in [6.07, 6.45) is 3.57. The first-order valence-electron chi connectivity index (χ1n) is 5.81. The van der Waals surface area contributed by atoms with Crippen molar-refractivity contribution in [1.82, 2.24) is 9.97 Å². The minimum Gasteiger partial charge on any atom is -0.366 e. The molecule has 18 heavy (non-hydrogen) atoms. The Labute approximate surface area is 106 Å². The van der Waals surface area contributed by atoms with Gasteiger partial charge in [-0.1, -0.05) is 24.3 Å². The first kappa shape index (κ1) is 12.1. The molecular weight excluding hydrogens is 224 g/mol. The molecule has 1 heterocycles. The van der Waals surface area contributed by atoms with E-state index in [1.165, 1.54) is 0 Å². The van der Waals surface area contributed by atoms with Crippen molar-refractivity contribution in [3.63, 3.8) is 0 Å². The van der Waals surface area contributed by atoms with Gasteiger partial charge in [0.1, 0.15) is 5.82 Å². The zero-order valence-corrected chi connectivity index (χ0v) is 10.2. The van der Waals surface area contributed by atoms with Crippen molar-refractivity contribution in [1.29, 1.82) is 0 Å². The maximum atomic E-state index is 4.45. The summed E-state index contributed by atoms with van der Waals surface area (Å²) in [7, 11) is 0. The number of hydrogen-bond acceptors (Lipinski definition) is 4. The summed E-state index contributed by atoms with van der Waals surface area (Å²) >= 11 is 0. The second kappa shape index (κ2) is 5.82. The predicted molar refractivity (Wildman–Crippen MR) is 76.9 cm³/mol. The summed E-state index contributed by atoms with van der Waals surface area (Å²) in [6.45, 7) is 8.66. The molecule has 0 saturated heterocycles. The molecule has 0 amide bonds. The molecular formula is C14H16N4. The Morgan fingerprint density at radius 1 is 1.00 bits per heavy atom. The van der Waals surface area contributed by atoms with E-state index in [-0.39, 0.29) is 0 Å². The molecule has 0 bridgehead atoms. The summed E-state index contributed by atoms with van der Waals surface area (Å²) < 4.78 is 0. The zero-order chi connectivity index (χ0) is 12.8. The molecule has 0 unspecified atom stereocenters.